The van der Waals surface area contributed by atoms with Gasteiger partial charge in [-0.15, -0.1) is 0 Å². The van der Waals surface area contributed by atoms with E-state index in [2.05, 4.69) is 17.6 Å². The van der Waals surface area contributed by atoms with E-state index in [0.717, 1.165) is 12.2 Å². The maximum Gasteiger partial charge on any atom is 0.221 e. The van der Waals surface area contributed by atoms with Gasteiger partial charge in [0.05, 0.1) is 12.3 Å². The van der Waals surface area contributed by atoms with Crippen LogP contribution in [0.15, 0.2) is 22.8 Å². The minimum absolute atomic E-state index is 0.0958. The van der Waals surface area contributed by atoms with E-state index in [1.165, 1.54) is 0 Å². The molecule has 2 N–H and O–H groups in total. The molecule has 1 aromatic heterocycles. The Labute approximate surface area is 103 Å². The molecule has 17 heavy (non-hydrogen) atoms. The highest BCUT2D eigenvalue weighted by Gasteiger charge is 2.09. The van der Waals surface area contributed by atoms with Gasteiger partial charge < -0.3 is 15.1 Å². The quantitative estimate of drug-likeness (QED) is 0.766. The summed E-state index contributed by atoms with van der Waals surface area (Å²) in [6, 6.07) is 4.19. The largest absolute Gasteiger partial charge is 0.468 e. The summed E-state index contributed by atoms with van der Waals surface area (Å²) in [5, 5.41) is 6.19. The first-order valence-corrected chi connectivity index (χ1v) is 6.19. The number of amides is 1. The highest BCUT2D eigenvalue weighted by atomic mass is 16.3. The van der Waals surface area contributed by atoms with Gasteiger partial charge in [-0.2, -0.15) is 0 Å². The normalized spacial score (nSPS) is 14.3. The van der Waals surface area contributed by atoms with Gasteiger partial charge in [0.2, 0.25) is 5.91 Å². The van der Waals surface area contributed by atoms with Gasteiger partial charge in [0.15, 0.2) is 0 Å². The second-order valence-corrected chi connectivity index (χ2v) is 4.32. The number of nitrogens with one attached hydrogen (secondary N) is 2. The lowest BCUT2D eigenvalue weighted by Gasteiger charge is -2.13. The molecule has 0 aromatic carbocycles. The van der Waals surface area contributed by atoms with Gasteiger partial charge in [0.1, 0.15) is 5.76 Å². The van der Waals surface area contributed by atoms with Gasteiger partial charge >= 0.3 is 0 Å². The van der Waals surface area contributed by atoms with E-state index in [1.54, 1.807) is 6.26 Å². The van der Waals surface area contributed by atoms with Crippen LogP contribution in [0.1, 0.15) is 45.4 Å². The van der Waals surface area contributed by atoms with Crippen molar-refractivity contribution in [2.75, 3.05) is 6.54 Å². The molecule has 2 unspecified atom stereocenters. The van der Waals surface area contributed by atoms with Crippen molar-refractivity contribution in [2.45, 2.75) is 45.7 Å². The van der Waals surface area contributed by atoms with Gasteiger partial charge in [-0.1, -0.05) is 6.92 Å². The summed E-state index contributed by atoms with van der Waals surface area (Å²) < 4.78 is 5.27. The van der Waals surface area contributed by atoms with E-state index in [-0.39, 0.29) is 18.0 Å². The number of hydrogen-bond acceptors (Lipinski definition) is 3. The summed E-state index contributed by atoms with van der Waals surface area (Å²) in [6.45, 7) is 6.74. The number of hydrogen-bond donors (Lipinski definition) is 2. The Morgan fingerprint density at radius 1 is 1.47 bits per heavy atom. The molecule has 1 amide bonds. The first-order valence-electron chi connectivity index (χ1n) is 6.19. The minimum atomic E-state index is 0.0958. The molecule has 0 saturated heterocycles. The maximum atomic E-state index is 11.5. The van der Waals surface area contributed by atoms with Crippen LogP contribution in [0.4, 0.5) is 0 Å². The third-order valence-electron chi connectivity index (χ3n) is 2.79. The van der Waals surface area contributed by atoms with Crippen molar-refractivity contribution in [3.8, 4) is 0 Å². The van der Waals surface area contributed by atoms with Crippen molar-refractivity contribution in [2.24, 2.45) is 0 Å². The topological polar surface area (TPSA) is 54.3 Å². The average molecular weight is 238 g/mol. The van der Waals surface area contributed by atoms with Crippen LogP contribution in [0.25, 0.3) is 0 Å². The molecule has 4 heteroatoms. The number of rotatable bonds is 7. The fourth-order valence-electron chi connectivity index (χ4n) is 1.49. The Kier molecular flexibility index (Phi) is 5.77. The third-order valence-corrected chi connectivity index (χ3v) is 2.79. The predicted molar refractivity (Wildman–Crippen MR) is 67.6 cm³/mol. The molecule has 0 fully saturated rings. The van der Waals surface area contributed by atoms with Gasteiger partial charge in [-0.25, -0.2) is 0 Å². The Hall–Kier alpha value is -1.29. The molecule has 1 rings (SSSR count). The zero-order valence-corrected chi connectivity index (χ0v) is 10.8. The molecule has 0 aliphatic rings. The van der Waals surface area contributed by atoms with Gasteiger partial charge in [-0.05, 0) is 32.4 Å². The lowest BCUT2D eigenvalue weighted by Crippen LogP contribution is -2.34. The molecule has 1 heterocycles. The lowest BCUT2D eigenvalue weighted by atomic mass is 10.2. The van der Waals surface area contributed by atoms with Crippen LogP contribution in [-0.4, -0.2) is 18.5 Å². The Bertz CT molecular complexity index is 322. The Balaban J connectivity index is 2.17. The molecular weight excluding hydrogens is 216 g/mol. The highest BCUT2D eigenvalue weighted by Crippen LogP contribution is 2.11. The monoisotopic (exact) mass is 238 g/mol. The van der Waals surface area contributed by atoms with Crippen LogP contribution >= 0.6 is 0 Å². The van der Waals surface area contributed by atoms with Gasteiger partial charge in [0, 0.05) is 19.0 Å². The SMILES string of the molecule is CCC(C)NC(=O)CCNC(C)c1ccco1. The van der Waals surface area contributed by atoms with Crippen LogP contribution in [-0.2, 0) is 4.79 Å². The summed E-state index contributed by atoms with van der Waals surface area (Å²) in [7, 11) is 0. The smallest absolute Gasteiger partial charge is 0.221 e. The van der Waals surface area contributed by atoms with E-state index in [0.29, 0.717) is 13.0 Å². The van der Waals surface area contributed by atoms with Crippen molar-refractivity contribution in [3.63, 3.8) is 0 Å². The van der Waals surface area contributed by atoms with E-state index in [9.17, 15) is 4.79 Å². The first-order chi connectivity index (χ1) is 8.13. The van der Waals surface area contributed by atoms with E-state index >= 15 is 0 Å². The number of furan rings is 1. The summed E-state index contributed by atoms with van der Waals surface area (Å²) in [6.07, 6.45) is 3.11. The van der Waals surface area contributed by atoms with Crippen molar-refractivity contribution < 1.29 is 9.21 Å². The van der Waals surface area contributed by atoms with Gasteiger partial charge in [-0.3, -0.25) is 4.79 Å². The van der Waals surface area contributed by atoms with Crippen molar-refractivity contribution in [3.05, 3.63) is 24.2 Å². The molecule has 2 atom stereocenters. The second-order valence-electron chi connectivity index (χ2n) is 4.32. The molecular formula is C13H22N2O2. The molecule has 1 aromatic rings. The summed E-state index contributed by atoms with van der Waals surface area (Å²) in [5.74, 6) is 0.992. The van der Waals surface area contributed by atoms with Crippen molar-refractivity contribution in [1.29, 1.82) is 0 Å². The maximum absolute atomic E-state index is 11.5. The Morgan fingerprint density at radius 3 is 2.82 bits per heavy atom. The van der Waals surface area contributed by atoms with E-state index in [4.69, 9.17) is 4.42 Å². The second kappa shape index (κ2) is 7.12. The molecule has 96 valence electrons. The lowest BCUT2D eigenvalue weighted by molar-refractivity contribution is -0.121. The van der Waals surface area contributed by atoms with E-state index < -0.39 is 0 Å². The minimum Gasteiger partial charge on any atom is -0.468 e. The standard InChI is InChI=1S/C13H22N2O2/c1-4-10(2)15-13(16)7-8-14-11(3)12-6-5-9-17-12/h5-6,9-11,14H,4,7-8H2,1-3H3,(H,15,16). The predicted octanol–water partition coefficient (Wildman–Crippen LogP) is 2.23. The Morgan fingerprint density at radius 2 is 2.24 bits per heavy atom. The third kappa shape index (κ3) is 5.04. The summed E-state index contributed by atoms with van der Waals surface area (Å²) >= 11 is 0. The highest BCUT2D eigenvalue weighted by molar-refractivity contribution is 5.76. The van der Waals surface area contributed by atoms with Crippen molar-refractivity contribution >= 4 is 5.91 Å². The zero-order chi connectivity index (χ0) is 12.7. The van der Waals surface area contributed by atoms with E-state index in [1.807, 2.05) is 26.0 Å². The number of carbonyl (C=O) groups excluding carboxylic acids is 1. The van der Waals surface area contributed by atoms with Crippen molar-refractivity contribution in [1.82, 2.24) is 10.6 Å². The molecule has 4 nitrogen and oxygen atoms in total. The summed E-state index contributed by atoms with van der Waals surface area (Å²) in [4.78, 5) is 11.5. The first kappa shape index (κ1) is 13.8. The number of carbonyl (C=O) groups is 1. The molecule has 0 aliphatic heterocycles. The van der Waals surface area contributed by atoms with Crippen LogP contribution in [0.2, 0.25) is 0 Å². The average Bonchev–Trinajstić information content (AvgIpc) is 2.82. The fourth-order valence-corrected chi connectivity index (χ4v) is 1.49. The molecule has 0 spiro atoms. The van der Waals surface area contributed by atoms with Crippen LogP contribution in [0.5, 0.6) is 0 Å². The molecule has 0 radical (unpaired) electrons. The zero-order valence-electron chi connectivity index (χ0n) is 10.8. The molecule has 0 saturated carbocycles. The van der Waals surface area contributed by atoms with Crippen LogP contribution in [0.3, 0.4) is 0 Å². The van der Waals surface area contributed by atoms with Crippen LogP contribution in [0, 0.1) is 0 Å². The van der Waals surface area contributed by atoms with Crippen LogP contribution < -0.4 is 10.6 Å². The van der Waals surface area contributed by atoms with Gasteiger partial charge in [0.25, 0.3) is 0 Å². The molecule has 0 bridgehead atoms. The fraction of sp³-hybridized carbons (Fsp3) is 0.615. The summed E-state index contributed by atoms with van der Waals surface area (Å²) in [5.41, 5.74) is 0. The molecule has 0 aliphatic carbocycles.